The average molecular weight is 789 g/mol. The first kappa shape index (κ1) is 41.9. The highest BCUT2D eigenvalue weighted by atomic mass is 16.5. The Hall–Kier alpha value is -6.72. The van der Waals surface area contributed by atoms with E-state index >= 15 is 0 Å². The molecule has 10 nitrogen and oxygen atoms in total. The Morgan fingerprint density at radius 2 is 0.949 bits per heavy atom. The molecule has 0 spiro atoms. The Balaban J connectivity index is 1.32. The van der Waals surface area contributed by atoms with E-state index < -0.39 is 11.9 Å². The van der Waals surface area contributed by atoms with Gasteiger partial charge >= 0.3 is 11.9 Å². The number of esters is 2. The zero-order valence-electron chi connectivity index (χ0n) is 33.2. The summed E-state index contributed by atoms with van der Waals surface area (Å²) in [5, 5.41) is 37.8. The second-order valence-electron chi connectivity index (χ2n) is 14.8. The molecule has 2 aliphatic rings. The Bertz CT molecular complexity index is 2160. The summed E-state index contributed by atoms with van der Waals surface area (Å²) in [5.74, 6) is 0.384. The number of rotatable bonds is 13. The van der Waals surface area contributed by atoms with E-state index in [1.807, 2.05) is 91.0 Å². The molecule has 0 bridgehead atoms. The standard InChI is InChI=1S/C49H48N4O6/c1-35(43(31-50)32-51)38-7-9-40(10-8-38)48(39-5-3-2-4-6-39)49(41-11-15-44(16-12-41)58-46(56)23-29-52-25-19-36(33-54)20-26-52)42-13-17-45(18-14-42)59-47(57)24-30-53-27-21-37(34-55)22-28-53/h2-18,23-24,29-30,36-37,54-55H,19-22,25-28,33-34H2,1H3/b29-23+,30-24+. The number of allylic oxidation sites excluding steroid dienone is 2. The molecule has 2 fully saturated rings. The van der Waals surface area contributed by atoms with Crippen LogP contribution in [0.25, 0.3) is 16.7 Å². The van der Waals surface area contributed by atoms with Crippen LogP contribution in [0, 0.1) is 34.5 Å². The number of hydrogen-bond acceptors (Lipinski definition) is 10. The Morgan fingerprint density at radius 3 is 1.32 bits per heavy atom. The number of nitrogens with zero attached hydrogens (tertiary/aromatic N) is 4. The molecule has 4 aromatic carbocycles. The molecule has 0 saturated carbocycles. The van der Waals surface area contributed by atoms with Crippen LogP contribution in [0.3, 0.4) is 0 Å². The molecule has 10 heteroatoms. The summed E-state index contributed by atoms with van der Waals surface area (Å²) in [7, 11) is 0. The molecule has 4 aromatic rings. The van der Waals surface area contributed by atoms with Crippen LogP contribution >= 0.6 is 0 Å². The van der Waals surface area contributed by atoms with Gasteiger partial charge in [0.2, 0.25) is 0 Å². The molecule has 2 saturated heterocycles. The Morgan fingerprint density at radius 1 is 0.593 bits per heavy atom. The van der Waals surface area contributed by atoms with Gasteiger partial charge in [0.1, 0.15) is 29.2 Å². The van der Waals surface area contributed by atoms with Crippen molar-refractivity contribution in [1.82, 2.24) is 9.80 Å². The minimum Gasteiger partial charge on any atom is -0.423 e. The highest BCUT2D eigenvalue weighted by Crippen LogP contribution is 2.38. The van der Waals surface area contributed by atoms with Crippen molar-refractivity contribution in [2.75, 3.05) is 39.4 Å². The number of aliphatic hydroxyl groups is 2. The van der Waals surface area contributed by atoms with E-state index in [0.717, 1.165) is 90.8 Å². The molecular weight excluding hydrogens is 741 g/mol. The summed E-state index contributed by atoms with van der Waals surface area (Å²) in [5.41, 5.74) is 6.63. The van der Waals surface area contributed by atoms with Crippen LogP contribution in [0.15, 0.2) is 133 Å². The minimum atomic E-state index is -0.491. The number of piperidine rings is 2. The lowest BCUT2D eigenvalue weighted by Gasteiger charge is -2.29. The van der Waals surface area contributed by atoms with Crippen LogP contribution in [0.2, 0.25) is 0 Å². The molecule has 2 heterocycles. The zero-order chi connectivity index (χ0) is 41.6. The largest absolute Gasteiger partial charge is 0.423 e. The third-order valence-corrected chi connectivity index (χ3v) is 10.9. The average Bonchev–Trinajstić information content (AvgIpc) is 3.28. The number of carbonyl (C=O) groups excluding carboxylic acids is 2. The number of carbonyl (C=O) groups is 2. The first-order valence-corrected chi connectivity index (χ1v) is 19.9. The van der Waals surface area contributed by atoms with Crippen molar-refractivity contribution in [1.29, 1.82) is 10.5 Å². The first-order chi connectivity index (χ1) is 28.8. The van der Waals surface area contributed by atoms with Gasteiger partial charge in [-0.15, -0.1) is 0 Å². The summed E-state index contributed by atoms with van der Waals surface area (Å²) in [6.45, 7) is 5.21. The van der Waals surface area contributed by atoms with Crippen molar-refractivity contribution in [3.63, 3.8) is 0 Å². The van der Waals surface area contributed by atoms with Gasteiger partial charge in [0.25, 0.3) is 0 Å². The normalized spacial score (nSPS) is 14.7. The van der Waals surface area contributed by atoms with Crippen molar-refractivity contribution >= 4 is 28.7 Å². The highest BCUT2D eigenvalue weighted by molar-refractivity contribution is 6.04. The van der Waals surface area contributed by atoms with Crippen molar-refractivity contribution in [3.8, 4) is 23.6 Å². The lowest BCUT2D eigenvalue weighted by Crippen LogP contribution is -2.31. The fourth-order valence-corrected chi connectivity index (χ4v) is 7.32. The van der Waals surface area contributed by atoms with Crippen LogP contribution in [0.4, 0.5) is 0 Å². The fourth-order valence-electron chi connectivity index (χ4n) is 7.32. The molecule has 0 radical (unpaired) electrons. The summed E-state index contributed by atoms with van der Waals surface area (Å²) in [4.78, 5) is 29.8. The minimum absolute atomic E-state index is 0.0511. The number of nitriles is 2. The third kappa shape index (κ3) is 11.2. The van der Waals surface area contributed by atoms with Gasteiger partial charge < -0.3 is 29.5 Å². The lowest BCUT2D eigenvalue weighted by atomic mass is 9.85. The molecule has 2 aliphatic heterocycles. The smallest absolute Gasteiger partial charge is 0.337 e. The molecule has 0 aromatic heterocycles. The summed E-state index contributed by atoms with van der Waals surface area (Å²) in [6.07, 6.45) is 9.85. The van der Waals surface area contributed by atoms with E-state index in [0.29, 0.717) is 28.9 Å². The SMILES string of the molecule is CC(=C(C#N)C#N)c1ccc(C(=C(c2ccc(OC(=O)/C=C/N3CCC(CO)CC3)cc2)c2ccc(OC(=O)/C=C/N3CCC(CO)CC3)cc2)c2ccccc2)cc1. The van der Waals surface area contributed by atoms with Crippen LogP contribution in [-0.4, -0.2) is 71.3 Å². The van der Waals surface area contributed by atoms with Gasteiger partial charge in [-0.2, -0.15) is 10.5 Å². The second-order valence-corrected chi connectivity index (χ2v) is 14.8. The molecule has 59 heavy (non-hydrogen) atoms. The fraction of sp³-hybridized carbons (Fsp3) is 0.265. The zero-order valence-corrected chi connectivity index (χ0v) is 33.2. The van der Waals surface area contributed by atoms with Gasteiger partial charge in [-0.3, -0.25) is 0 Å². The lowest BCUT2D eigenvalue weighted by molar-refractivity contribution is -0.130. The maximum absolute atomic E-state index is 12.8. The molecule has 6 rings (SSSR count). The van der Waals surface area contributed by atoms with Crippen LogP contribution in [-0.2, 0) is 9.59 Å². The molecule has 0 atom stereocenters. The summed E-state index contributed by atoms with van der Waals surface area (Å²) < 4.78 is 11.4. The quantitative estimate of drug-likeness (QED) is 0.0453. The van der Waals surface area contributed by atoms with Gasteiger partial charge in [-0.05, 0) is 113 Å². The van der Waals surface area contributed by atoms with Gasteiger partial charge in [-0.25, -0.2) is 9.59 Å². The van der Waals surface area contributed by atoms with E-state index in [4.69, 9.17) is 9.47 Å². The summed E-state index contributed by atoms with van der Waals surface area (Å²) in [6, 6.07) is 36.3. The number of ether oxygens (including phenoxy) is 2. The van der Waals surface area contributed by atoms with Crippen LogP contribution in [0.1, 0.15) is 60.4 Å². The molecule has 0 amide bonds. The van der Waals surface area contributed by atoms with E-state index in [9.17, 15) is 30.3 Å². The van der Waals surface area contributed by atoms with Crippen molar-refractivity contribution in [3.05, 3.63) is 161 Å². The number of benzene rings is 4. The van der Waals surface area contributed by atoms with E-state index in [1.54, 1.807) is 43.6 Å². The maximum atomic E-state index is 12.8. The van der Waals surface area contributed by atoms with Gasteiger partial charge in [0.05, 0.1) is 0 Å². The Labute approximate surface area is 345 Å². The number of hydrogen-bond donors (Lipinski definition) is 2. The molecule has 300 valence electrons. The number of likely N-dealkylation sites (tertiary alicyclic amines) is 2. The van der Waals surface area contributed by atoms with E-state index in [1.165, 1.54) is 12.2 Å². The molecule has 2 N–H and O–H groups in total. The molecule has 0 aliphatic carbocycles. The van der Waals surface area contributed by atoms with Crippen molar-refractivity contribution in [2.45, 2.75) is 32.6 Å². The maximum Gasteiger partial charge on any atom is 0.337 e. The van der Waals surface area contributed by atoms with Crippen molar-refractivity contribution < 1.29 is 29.3 Å². The third-order valence-electron chi connectivity index (χ3n) is 10.9. The Kier molecular flexibility index (Phi) is 14.6. The molecular formula is C49H48N4O6. The monoisotopic (exact) mass is 788 g/mol. The van der Waals surface area contributed by atoms with Gasteiger partial charge in [-0.1, -0.05) is 78.9 Å². The van der Waals surface area contributed by atoms with Crippen LogP contribution in [0.5, 0.6) is 11.5 Å². The summed E-state index contributed by atoms with van der Waals surface area (Å²) >= 11 is 0. The van der Waals surface area contributed by atoms with E-state index in [2.05, 4.69) is 9.80 Å². The molecule has 0 unspecified atom stereocenters. The van der Waals surface area contributed by atoms with Crippen LogP contribution < -0.4 is 9.47 Å². The van der Waals surface area contributed by atoms with Gasteiger partial charge in [0, 0.05) is 63.9 Å². The van der Waals surface area contributed by atoms with Gasteiger partial charge in [0.15, 0.2) is 0 Å². The second kappa shape index (κ2) is 20.6. The predicted octanol–water partition coefficient (Wildman–Crippen LogP) is 7.76. The topological polar surface area (TPSA) is 147 Å². The first-order valence-electron chi connectivity index (χ1n) is 19.9. The van der Waals surface area contributed by atoms with Crippen molar-refractivity contribution in [2.24, 2.45) is 11.8 Å². The number of aliphatic hydroxyl groups excluding tert-OH is 2. The highest BCUT2D eigenvalue weighted by Gasteiger charge is 2.20. The predicted molar refractivity (Wildman–Crippen MR) is 227 cm³/mol. The van der Waals surface area contributed by atoms with E-state index in [-0.39, 0.29) is 18.8 Å².